The molecule has 0 spiro atoms. The van der Waals surface area contributed by atoms with Gasteiger partial charge in [0.05, 0.1) is 0 Å². The number of alkyl halides is 2. The lowest BCUT2D eigenvalue weighted by Gasteiger charge is -2.34. The van der Waals surface area contributed by atoms with Crippen molar-refractivity contribution in [2.75, 3.05) is 0 Å². The minimum Gasteiger partial charge on any atom is -0.247 e. The molecule has 0 saturated heterocycles. The molecule has 0 aliphatic rings. The molecule has 4 atom stereocenters. The zero-order valence-corrected chi connectivity index (χ0v) is 8.37. The molecule has 0 bridgehead atoms. The van der Waals surface area contributed by atoms with Crippen molar-refractivity contribution >= 4 is 26.3 Å². The van der Waals surface area contributed by atoms with Gasteiger partial charge in [0.15, 0.2) is 5.41 Å². The van der Waals surface area contributed by atoms with E-state index >= 15 is 0 Å². The molecule has 0 fully saturated rings. The molecule has 0 aliphatic heterocycles. The molecular weight excluding hydrogens is 171 g/mol. The molecule has 2 radical (unpaired) electrons. The van der Waals surface area contributed by atoms with Gasteiger partial charge in [0.1, 0.15) is 13.2 Å². The van der Waals surface area contributed by atoms with Crippen LogP contribution in [-0.2, 0) is 0 Å². The number of rotatable bonds is 2. The molecule has 0 aromatic heterocycles. The maximum Gasteiger partial charge on any atom is 0.154 e. The Balaban J connectivity index is 4.40. The molecule has 0 saturated carbocycles. The highest BCUT2D eigenvalue weighted by molar-refractivity contribution is 7.27. The van der Waals surface area contributed by atoms with Crippen LogP contribution in [0.5, 0.6) is 0 Å². The average molecular weight is 182 g/mol. The Bertz CT molecular complexity index is 119. The second kappa shape index (κ2) is 3.03. The van der Waals surface area contributed by atoms with Crippen molar-refractivity contribution < 1.29 is 8.78 Å². The molecule has 0 rings (SSSR count). The van der Waals surface area contributed by atoms with Gasteiger partial charge in [0.2, 0.25) is 0 Å². The van der Waals surface area contributed by atoms with Crippen molar-refractivity contribution in [2.24, 2.45) is 5.92 Å². The zero-order chi connectivity index (χ0) is 8.58. The van der Waals surface area contributed by atoms with E-state index in [2.05, 4.69) is 0 Å². The maximum absolute atomic E-state index is 13.2. The van der Waals surface area contributed by atoms with E-state index in [4.69, 9.17) is 7.85 Å². The monoisotopic (exact) mass is 182 g/mol. The predicted octanol–water partition coefficient (Wildman–Crippen LogP) is 1.85. The summed E-state index contributed by atoms with van der Waals surface area (Å²) in [5.41, 5.74) is 0. The van der Waals surface area contributed by atoms with E-state index in [1.807, 2.05) is 0 Å². The lowest BCUT2D eigenvalue weighted by Crippen LogP contribution is -2.41. The molecule has 0 heterocycles. The van der Waals surface area contributed by atoms with Crippen molar-refractivity contribution in [3.05, 3.63) is 0 Å². The van der Waals surface area contributed by atoms with Gasteiger partial charge in [0.25, 0.3) is 0 Å². The Hall–Kier alpha value is 0.785. The quantitative estimate of drug-likeness (QED) is 0.451. The van der Waals surface area contributed by atoms with Crippen LogP contribution in [0, 0.1) is 5.92 Å². The minimum absolute atomic E-state index is 0.468. The summed E-state index contributed by atoms with van der Waals surface area (Å²) in [5, 5.41) is -4.44. The molecule has 4 unspecified atom stereocenters. The average Bonchev–Trinajstić information content (AvgIpc) is 1.62. The maximum atomic E-state index is 13.2. The number of halogens is 2. The summed E-state index contributed by atoms with van der Waals surface area (Å²) < 4.78 is 25.9. The molecule has 0 aromatic rings. The van der Waals surface area contributed by atoms with Crippen LogP contribution in [0.25, 0.3) is 0 Å². The third-order valence-electron chi connectivity index (χ3n) is 1.43. The summed E-state index contributed by atoms with van der Waals surface area (Å²) >= 11 is 0. The number of hydrogen-bond donors (Lipinski definition) is 0. The molecular formula is C5H11BF2P2. The fourth-order valence-corrected chi connectivity index (χ4v) is 0.776. The first-order valence-electron chi connectivity index (χ1n) is 2.94. The van der Waals surface area contributed by atoms with Crippen molar-refractivity contribution in [1.29, 1.82) is 0 Å². The smallest absolute Gasteiger partial charge is 0.154 e. The van der Waals surface area contributed by atoms with Crippen LogP contribution in [0.15, 0.2) is 0 Å². The first-order valence-corrected chi connectivity index (χ1v) is 4.09. The molecule has 58 valence electrons. The second-order valence-electron chi connectivity index (χ2n) is 2.69. The third-order valence-corrected chi connectivity index (χ3v) is 3.31. The van der Waals surface area contributed by atoms with Gasteiger partial charge in [-0.2, -0.15) is 0 Å². The Morgan fingerprint density at radius 1 is 1.30 bits per heavy atom. The highest BCUT2D eigenvalue weighted by Crippen LogP contribution is 2.44. The molecule has 0 aliphatic carbocycles. The van der Waals surface area contributed by atoms with Crippen LogP contribution in [0.2, 0.25) is 0 Å². The van der Waals surface area contributed by atoms with E-state index < -0.39 is 16.6 Å². The fourth-order valence-electron chi connectivity index (χ4n) is 0.442. The first-order chi connectivity index (χ1) is 4.19. The van der Waals surface area contributed by atoms with Crippen LogP contribution in [0.4, 0.5) is 8.78 Å². The van der Waals surface area contributed by atoms with E-state index in [1.54, 1.807) is 32.3 Å². The van der Waals surface area contributed by atoms with Crippen LogP contribution in [0.1, 0.15) is 13.8 Å². The van der Waals surface area contributed by atoms with Crippen LogP contribution >= 0.6 is 18.5 Å². The molecule has 0 amide bonds. The van der Waals surface area contributed by atoms with Gasteiger partial charge < -0.3 is 0 Å². The fraction of sp³-hybridized carbons (Fsp3) is 1.00. The van der Waals surface area contributed by atoms with E-state index in [-0.39, 0.29) is 0 Å². The SMILES string of the molecule is [B]C(F)(P)C(F)(P)C(C)C. The van der Waals surface area contributed by atoms with E-state index in [0.717, 1.165) is 0 Å². The van der Waals surface area contributed by atoms with Crippen molar-refractivity contribution in [1.82, 2.24) is 0 Å². The first kappa shape index (κ1) is 10.8. The largest absolute Gasteiger partial charge is 0.247 e. The number of hydrogen-bond acceptors (Lipinski definition) is 0. The molecule has 10 heavy (non-hydrogen) atoms. The van der Waals surface area contributed by atoms with Gasteiger partial charge in [-0.15, -0.1) is 9.24 Å². The normalized spacial score (nSPS) is 23.9. The van der Waals surface area contributed by atoms with Crippen LogP contribution in [-0.4, -0.2) is 18.6 Å². The highest BCUT2D eigenvalue weighted by Gasteiger charge is 2.44. The highest BCUT2D eigenvalue weighted by atomic mass is 31.0. The molecule has 0 aromatic carbocycles. The Labute approximate surface area is 66.3 Å². The zero-order valence-electron chi connectivity index (χ0n) is 6.07. The summed E-state index contributed by atoms with van der Waals surface area (Å²) in [6, 6.07) is 0. The summed E-state index contributed by atoms with van der Waals surface area (Å²) in [6.07, 6.45) is 0. The second-order valence-corrected chi connectivity index (χ2v) is 4.37. The van der Waals surface area contributed by atoms with Crippen molar-refractivity contribution in [3.8, 4) is 0 Å². The molecule has 5 heteroatoms. The van der Waals surface area contributed by atoms with E-state index in [1.165, 1.54) is 0 Å². The summed E-state index contributed by atoms with van der Waals surface area (Å²) in [6.45, 7) is 3.14. The van der Waals surface area contributed by atoms with E-state index in [9.17, 15) is 8.78 Å². The summed E-state index contributed by atoms with van der Waals surface area (Å²) in [7, 11) is 8.35. The summed E-state index contributed by atoms with van der Waals surface area (Å²) in [4.78, 5) is 0. The van der Waals surface area contributed by atoms with Crippen LogP contribution < -0.4 is 0 Å². The predicted molar refractivity (Wildman–Crippen MR) is 47.7 cm³/mol. The van der Waals surface area contributed by atoms with Gasteiger partial charge in [-0.05, 0) is 5.92 Å². The van der Waals surface area contributed by atoms with Crippen molar-refractivity contribution in [2.45, 2.75) is 24.6 Å². The van der Waals surface area contributed by atoms with Crippen LogP contribution in [0.3, 0.4) is 0 Å². The van der Waals surface area contributed by atoms with Crippen molar-refractivity contribution in [3.63, 3.8) is 0 Å². The van der Waals surface area contributed by atoms with Gasteiger partial charge in [0, 0.05) is 0 Å². The van der Waals surface area contributed by atoms with Gasteiger partial charge in [-0.3, -0.25) is 0 Å². The van der Waals surface area contributed by atoms with Gasteiger partial charge in [-0.25, -0.2) is 8.78 Å². The lowest BCUT2D eigenvalue weighted by molar-refractivity contribution is 0.118. The standard InChI is InChI=1S/C5H11BF2P2/c1-3(2)4(7,9)5(6,8)10/h3H,9-10H2,1-2H3. The van der Waals surface area contributed by atoms with Gasteiger partial charge >= 0.3 is 0 Å². The minimum atomic E-state index is -2.37. The Kier molecular flexibility index (Phi) is 3.27. The Morgan fingerprint density at radius 3 is 1.60 bits per heavy atom. The topological polar surface area (TPSA) is 0 Å². The Morgan fingerprint density at radius 2 is 1.60 bits per heavy atom. The van der Waals surface area contributed by atoms with E-state index in [0.29, 0.717) is 0 Å². The van der Waals surface area contributed by atoms with Gasteiger partial charge in [-0.1, -0.05) is 23.1 Å². The summed E-state index contributed by atoms with van der Waals surface area (Å²) in [5.74, 6) is -0.468. The molecule has 0 N–H and O–H groups in total. The third kappa shape index (κ3) is 2.14. The lowest BCUT2D eigenvalue weighted by atomic mass is 9.89. The molecule has 0 nitrogen and oxygen atoms in total.